The van der Waals surface area contributed by atoms with Gasteiger partial charge in [0.1, 0.15) is 0 Å². The molecule has 3 rings (SSSR count). The zero-order valence-corrected chi connectivity index (χ0v) is 12.4. The van der Waals surface area contributed by atoms with E-state index in [1.165, 1.54) is 5.56 Å². The summed E-state index contributed by atoms with van der Waals surface area (Å²) in [5.74, 6) is 0. The highest BCUT2D eigenvalue weighted by molar-refractivity contribution is 5.33. The van der Waals surface area contributed by atoms with Gasteiger partial charge in [-0.2, -0.15) is 5.10 Å². The second kappa shape index (κ2) is 6.85. The van der Waals surface area contributed by atoms with Crippen molar-refractivity contribution in [3.8, 4) is 5.69 Å². The molecule has 0 radical (unpaired) electrons. The molecule has 1 saturated heterocycles. The molecule has 1 aromatic carbocycles. The quantitative estimate of drug-likeness (QED) is 0.899. The van der Waals surface area contributed by atoms with E-state index in [1.807, 2.05) is 16.9 Å². The Balaban J connectivity index is 1.47. The number of nitrogens with one attached hydrogen (secondary N) is 1. The summed E-state index contributed by atoms with van der Waals surface area (Å²) < 4.78 is 7.60. The molecular weight excluding hydrogens is 264 g/mol. The Kier molecular flexibility index (Phi) is 4.65. The molecule has 0 bridgehead atoms. The van der Waals surface area contributed by atoms with Crippen molar-refractivity contribution in [2.45, 2.75) is 12.6 Å². The van der Waals surface area contributed by atoms with Crippen molar-refractivity contribution < 1.29 is 4.74 Å². The van der Waals surface area contributed by atoms with Gasteiger partial charge in [0.25, 0.3) is 0 Å². The number of aromatic nitrogens is 2. The predicted molar refractivity (Wildman–Crippen MR) is 82.5 cm³/mol. The van der Waals surface area contributed by atoms with Gasteiger partial charge in [0.2, 0.25) is 0 Å². The summed E-state index contributed by atoms with van der Waals surface area (Å²) in [6, 6.07) is 10.4. The van der Waals surface area contributed by atoms with Crippen LogP contribution < -0.4 is 5.32 Å². The maximum atomic E-state index is 5.74. The highest BCUT2D eigenvalue weighted by Crippen LogP contribution is 2.08. The fourth-order valence-electron chi connectivity index (χ4n) is 2.56. The van der Waals surface area contributed by atoms with Crippen LogP contribution in [0.5, 0.6) is 0 Å². The average molecular weight is 286 g/mol. The summed E-state index contributed by atoms with van der Waals surface area (Å²) in [6.07, 6.45) is 4.04. The van der Waals surface area contributed by atoms with Crippen molar-refractivity contribution in [3.63, 3.8) is 0 Å². The molecule has 2 aromatic rings. The van der Waals surface area contributed by atoms with E-state index in [2.05, 4.69) is 46.6 Å². The zero-order valence-electron chi connectivity index (χ0n) is 12.4. The fourth-order valence-corrected chi connectivity index (χ4v) is 2.56. The minimum absolute atomic E-state index is 0.298. The summed E-state index contributed by atoms with van der Waals surface area (Å²) in [7, 11) is 2.14. The molecule has 1 N–H and O–H groups in total. The summed E-state index contributed by atoms with van der Waals surface area (Å²) in [6.45, 7) is 4.63. The fraction of sp³-hybridized carbons (Fsp3) is 0.438. The van der Waals surface area contributed by atoms with Gasteiger partial charge >= 0.3 is 0 Å². The Labute approximate surface area is 125 Å². The SMILES string of the molecule is CN1CCOC(CNCc2ccc(-n3cccn3)cc2)C1. The van der Waals surface area contributed by atoms with Crippen molar-refractivity contribution in [2.75, 3.05) is 33.3 Å². The van der Waals surface area contributed by atoms with Crippen molar-refractivity contribution in [2.24, 2.45) is 0 Å². The summed E-state index contributed by atoms with van der Waals surface area (Å²) in [5, 5.41) is 7.70. The molecule has 5 heteroatoms. The van der Waals surface area contributed by atoms with Crippen molar-refractivity contribution >= 4 is 0 Å². The van der Waals surface area contributed by atoms with Crippen LogP contribution in [0.1, 0.15) is 5.56 Å². The van der Waals surface area contributed by atoms with E-state index in [0.717, 1.165) is 38.5 Å². The highest BCUT2D eigenvalue weighted by Gasteiger charge is 2.16. The molecule has 1 unspecified atom stereocenters. The zero-order chi connectivity index (χ0) is 14.5. The number of rotatable bonds is 5. The maximum Gasteiger partial charge on any atom is 0.0826 e. The van der Waals surface area contributed by atoms with Gasteiger partial charge in [0, 0.05) is 38.6 Å². The Bertz CT molecular complexity index is 538. The van der Waals surface area contributed by atoms with Gasteiger partial charge in [-0.25, -0.2) is 4.68 Å². The molecule has 1 fully saturated rings. The average Bonchev–Trinajstić information content (AvgIpc) is 3.02. The molecular formula is C16H22N4O. The van der Waals surface area contributed by atoms with Crippen molar-refractivity contribution in [3.05, 3.63) is 48.3 Å². The van der Waals surface area contributed by atoms with Crippen LogP contribution in [-0.4, -0.2) is 54.1 Å². The molecule has 1 aromatic heterocycles. The Hall–Kier alpha value is -1.69. The standard InChI is InChI=1S/C16H22N4O/c1-19-9-10-21-16(13-19)12-17-11-14-3-5-15(6-4-14)20-8-2-7-18-20/h2-8,16-17H,9-13H2,1H3. The number of likely N-dealkylation sites (N-methyl/N-ethyl adjacent to an activating group) is 1. The van der Waals surface area contributed by atoms with Gasteiger partial charge in [-0.05, 0) is 30.8 Å². The first-order chi connectivity index (χ1) is 10.3. The van der Waals surface area contributed by atoms with Crippen LogP contribution in [0.25, 0.3) is 5.69 Å². The monoisotopic (exact) mass is 286 g/mol. The molecule has 2 heterocycles. The van der Waals surface area contributed by atoms with Crippen LogP contribution in [0.2, 0.25) is 0 Å². The van der Waals surface area contributed by atoms with E-state index in [0.29, 0.717) is 6.10 Å². The highest BCUT2D eigenvalue weighted by atomic mass is 16.5. The van der Waals surface area contributed by atoms with Gasteiger partial charge in [-0.1, -0.05) is 12.1 Å². The third-order valence-corrected chi connectivity index (χ3v) is 3.75. The minimum atomic E-state index is 0.298. The van der Waals surface area contributed by atoms with E-state index < -0.39 is 0 Å². The maximum absolute atomic E-state index is 5.74. The van der Waals surface area contributed by atoms with Crippen LogP contribution in [0, 0.1) is 0 Å². The molecule has 5 nitrogen and oxygen atoms in total. The third kappa shape index (κ3) is 3.91. The molecule has 0 amide bonds. The summed E-state index contributed by atoms with van der Waals surface area (Å²) in [4.78, 5) is 2.31. The number of ether oxygens (including phenoxy) is 1. The lowest BCUT2D eigenvalue weighted by Gasteiger charge is -2.30. The van der Waals surface area contributed by atoms with Gasteiger partial charge in [0.05, 0.1) is 18.4 Å². The topological polar surface area (TPSA) is 42.3 Å². The Morgan fingerprint density at radius 3 is 2.90 bits per heavy atom. The lowest BCUT2D eigenvalue weighted by Crippen LogP contribution is -2.44. The molecule has 0 spiro atoms. The lowest BCUT2D eigenvalue weighted by molar-refractivity contribution is -0.0182. The van der Waals surface area contributed by atoms with E-state index in [4.69, 9.17) is 4.74 Å². The number of nitrogens with zero attached hydrogens (tertiary/aromatic N) is 3. The molecule has 1 atom stereocenters. The van der Waals surface area contributed by atoms with Gasteiger partial charge in [-0.15, -0.1) is 0 Å². The molecule has 0 aliphatic carbocycles. The lowest BCUT2D eigenvalue weighted by atomic mass is 10.2. The van der Waals surface area contributed by atoms with Crippen LogP contribution in [0.4, 0.5) is 0 Å². The first kappa shape index (κ1) is 14.3. The second-order valence-corrected chi connectivity index (χ2v) is 5.50. The molecule has 112 valence electrons. The molecule has 21 heavy (non-hydrogen) atoms. The number of benzene rings is 1. The predicted octanol–water partition coefficient (Wildman–Crippen LogP) is 1.29. The van der Waals surface area contributed by atoms with E-state index in [9.17, 15) is 0 Å². The van der Waals surface area contributed by atoms with Gasteiger partial charge in [-0.3, -0.25) is 0 Å². The minimum Gasteiger partial charge on any atom is -0.374 e. The van der Waals surface area contributed by atoms with E-state index in [-0.39, 0.29) is 0 Å². The molecule has 0 saturated carbocycles. The first-order valence-electron chi connectivity index (χ1n) is 7.41. The Morgan fingerprint density at radius 2 is 2.19 bits per heavy atom. The number of hydrogen-bond donors (Lipinski definition) is 1. The van der Waals surface area contributed by atoms with Crippen LogP contribution in [0.15, 0.2) is 42.7 Å². The third-order valence-electron chi connectivity index (χ3n) is 3.75. The van der Waals surface area contributed by atoms with Gasteiger partial charge < -0.3 is 15.0 Å². The van der Waals surface area contributed by atoms with Crippen LogP contribution in [-0.2, 0) is 11.3 Å². The second-order valence-electron chi connectivity index (χ2n) is 5.50. The summed E-state index contributed by atoms with van der Waals surface area (Å²) in [5.41, 5.74) is 2.36. The first-order valence-corrected chi connectivity index (χ1v) is 7.41. The number of morpholine rings is 1. The van der Waals surface area contributed by atoms with Crippen LogP contribution >= 0.6 is 0 Å². The number of hydrogen-bond acceptors (Lipinski definition) is 4. The Morgan fingerprint density at radius 1 is 1.33 bits per heavy atom. The van der Waals surface area contributed by atoms with Crippen LogP contribution in [0.3, 0.4) is 0 Å². The largest absolute Gasteiger partial charge is 0.374 e. The normalized spacial score (nSPS) is 19.8. The van der Waals surface area contributed by atoms with E-state index in [1.54, 1.807) is 6.20 Å². The molecule has 1 aliphatic rings. The van der Waals surface area contributed by atoms with Crippen molar-refractivity contribution in [1.82, 2.24) is 20.0 Å². The van der Waals surface area contributed by atoms with Crippen molar-refractivity contribution in [1.29, 1.82) is 0 Å². The summed E-state index contributed by atoms with van der Waals surface area (Å²) >= 11 is 0. The molecule has 1 aliphatic heterocycles. The smallest absolute Gasteiger partial charge is 0.0826 e. The van der Waals surface area contributed by atoms with E-state index >= 15 is 0 Å². The van der Waals surface area contributed by atoms with Gasteiger partial charge in [0.15, 0.2) is 0 Å².